The highest BCUT2D eigenvalue weighted by molar-refractivity contribution is 4.95. The average Bonchev–Trinajstić information content (AvgIpc) is 2.79. The number of aliphatic hydroxyl groups excluding tert-OH is 10. The fourth-order valence-electron chi connectivity index (χ4n) is 3.97. The average molecular weight is 488 g/mol. The third-order valence-electron chi connectivity index (χ3n) is 6.06. The lowest BCUT2D eigenvalue weighted by molar-refractivity contribution is -0.385. The molecule has 3 fully saturated rings. The largest absolute Gasteiger partial charge is 0.394 e. The number of aliphatic hydroxyl groups is 10. The van der Waals surface area contributed by atoms with Crippen LogP contribution in [0.2, 0.25) is 0 Å². The molecule has 0 radical (unpaired) electrons. The van der Waals surface area contributed by atoms with Crippen LogP contribution in [0.15, 0.2) is 0 Å². The van der Waals surface area contributed by atoms with Gasteiger partial charge in [-0.25, -0.2) is 0 Å². The molecule has 0 aromatic heterocycles. The predicted octanol–water partition coefficient (Wildman–Crippen LogP) is -6.55. The van der Waals surface area contributed by atoms with Crippen LogP contribution in [0.1, 0.15) is 6.92 Å². The van der Waals surface area contributed by atoms with Crippen LogP contribution in [-0.2, 0) is 23.7 Å². The van der Waals surface area contributed by atoms with Gasteiger partial charge in [-0.2, -0.15) is 0 Å². The maximum Gasteiger partial charge on any atom is 0.187 e. The molecule has 3 saturated heterocycles. The number of hydrogen-bond acceptors (Lipinski definition) is 15. The molecular weight excluding hydrogens is 456 g/mol. The highest BCUT2D eigenvalue weighted by Gasteiger charge is 2.53. The van der Waals surface area contributed by atoms with Gasteiger partial charge in [0.1, 0.15) is 67.1 Å². The molecule has 0 spiro atoms. The van der Waals surface area contributed by atoms with Crippen molar-refractivity contribution in [3.8, 4) is 0 Å². The molecule has 33 heavy (non-hydrogen) atoms. The fraction of sp³-hybridized carbons (Fsp3) is 1.00. The summed E-state index contributed by atoms with van der Waals surface area (Å²) >= 11 is 0. The minimum absolute atomic E-state index is 0.731. The minimum Gasteiger partial charge on any atom is -0.394 e. The van der Waals surface area contributed by atoms with E-state index in [9.17, 15) is 51.1 Å². The van der Waals surface area contributed by atoms with E-state index < -0.39 is 105 Å². The smallest absolute Gasteiger partial charge is 0.187 e. The highest BCUT2D eigenvalue weighted by Crippen LogP contribution is 2.32. The Balaban J connectivity index is 1.80. The van der Waals surface area contributed by atoms with Crippen molar-refractivity contribution in [1.82, 2.24) is 0 Å². The summed E-state index contributed by atoms with van der Waals surface area (Å²) in [7, 11) is 0. The van der Waals surface area contributed by atoms with Gasteiger partial charge in [0.05, 0.1) is 19.3 Å². The standard InChI is InChI=1S/C18H32O15/c1-4-7(21)14(32-17-12(26)10(24)8(22)5(2-19)30-17)15(16(28)29-4)33-18-13(27)11(25)9(23)6(3-20)31-18/h4-28H,2-3H2,1H3/t4-,5+,6+,7-,8+,9+,10-,11-,12+,13-,14+,15+,16+,17-,18+/m0/s1. The molecule has 3 rings (SSSR count). The van der Waals surface area contributed by atoms with Gasteiger partial charge in [0.2, 0.25) is 0 Å². The second kappa shape index (κ2) is 11.0. The summed E-state index contributed by atoms with van der Waals surface area (Å²) in [4.78, 5) is 0. The topological polar surface area (TPSA) is 248 Å². The second-order valence-electron chi connectivity index (χ2n) is 8.32. The SMILES string of the molecule is C[C@@H]1O[C@@H](O)[C@H](O[C@H]2O[C@H](CO)[C@@H](O)[C@H](O)[C@@H]2O)[C@H](O[C@@H]2O[C@H](CO)[C@@H](O)[C@H](O)[C@H]2O)[C@H]1O. The van der Waals surface area contributed by atoms with Crippen molar-refractivity contribution in [3.05, 3.63) is 0 Å². The van der Waals surface area contributed by atoms with Crippen molar-refractivity contribution in [3.63, 3.8) is 0 Å². The summed E-state index contributed by atoms with van der Waals surface area (Å²) < 4.78 is 26.8. The molecule has 15 heteroatoms. The van der Waals surface area contributed by atoms with Gasteiger partial charge in [0.15, 0.2) is 18.9 Å². The lowest BCUT2D eigenvalue weighted by Gasteiger charge is -2.48. The molecule has 0 aromatic carbocycles. The van der Waals surface area contributed by atoms with Crippen LogP contribution in [-0.4, -0.2) is 156 Å². The van der Waals surface area contributed by atoms with Crippen molar-refractivity contribution in [2.45, 2.75) is 99.0 Å². The summed E-state index contributed by atoms with van der Waals surface area (Å²) in [5.41, 5.74) is 0. The lowest BCUT2D eigenvalue weighted by atomic mass is 9.96. The van der Waals surface area contributed by atoms with Gasteiger partial charge in [0, 0.05) is 0 Å². The molecule has 0 bridgehead atoms. The third-order valence-corrected chi connectivity index (χ3v) is 6.06. The van der Waals surface area contributed by atoms with E-state index in [1.54, 1.807) is 0 Å². The Morgan fingerprint density at radius 3 is 1.39 bits per heavy atom. The molecular formula is C18H32O15. The molecule has 0 saturated carbocycles. The van der Waals surface area contributed by atoms with Gasteiger partial charge >= 0.3 is 0 Å². The van der Waals surface area contributed by atoms with Gasteiger partial charge in [-0.05, 0) is 6.92 Å². The van der Waals surface area contributed by atoms with Crippen LogP contribution in [0.3, 0.4) is 0 Å². The molecule has 0 aromatic rings. The van der Waals surface area contributed by atoms with E-state index in [1.165, 1.54) is 6.92 Å². The predicted molar refractivity (Wildman–Crippen MR) is 99.8 cm³/mol. The molecule has 3 heterocycles. The third kappa shape index (κ3) is 5.32. The van der Waals surface area contributed by atoms with E-state index >= 15 is 0 Å². The van der Waals surface area contributed by atoms with E-state index in [4.69, 9.17) is 23.7 Å². The first-order valence-electron chi connectivity index (χ1n) is 10.4. The number of ether oxygens (including phenoxy) is 5. The van der Waals surface area contributed by atoms with Gasteiger partial charge in [0.25, 0.3) is 0 Å². The molecule has 0 aliphatic carbocycles. The van der Waals surface area contributed by atoms with Crippen LogP contribution in [0, 0.1) is 0 Å². The molecule has 3 aliphatic rings. The van der Waals surface area contributed by atoms with Gasteiger partial charge in [-0.3, -0.25) is 0 Å². The van der Waals surface area contributed by atoms with E-state index in [0.29, 0.717) is 0 Å². The molecule has 10 N–H and O–H groups in total. The second-order valence-corrected chi connectivity index (χ2v) is 8.32. The van der Waals surface area contributed by atoms with Crippen molar-refractivity contribution >= 4 is 0 Å². The minimum atomic E-state index is -1.83. The van der Waals surface area contributed by atoms with Gasteiger partial charge in [-0.1, -0.05) is 0 Å². The van der Waals surface area contributed by atoms with Crippen LogP contribution in [0.25, 0.3) is 0 Å². The molecule has 15 nitrogen and oxygen atoms in total. The Kier molecular flexibility index (Phi) is 8.99. The maximum atomic E-state index is 10.6. The normalized spacial score (nSPS) is 53.7. The zero-order chi connectivity index (χ0) is 24.6. The molecule has 0 unspecified atom stereocenters. The monoisotopic (exact) mass is 488 g/mol. The molecule has 0 amide bonds. The zero-order valence-electron chi connectivity index (χ0n) is 17.6. The number of rotatable bonds is 6. The summed E-state index contributed by atoms with van der Waals surface area (Å²) in [5.74, 6) is 0. The molecule has 194 valence electrons. The van der Waals surface area contributed by atoms with Crippen LogP contribution < -0.4 is 0 Å². The Bertz CT molecular complexity index is 622. The summed E-state index contributed by atoms with van der Waals surface area (Å²) in [6.07, 6.45) is -24.1. The first kappa shape index (κ1) is 27.0. The zero-order valence-corrected chi connectivity index (χ0v) is 17.6. The quantitative estimate of drug-likeness (QED) is 0.167. The van der Waals surface area contributed by atoms with Crippen LogP contribution in [0.5, 0.6) is 0 Å². The van der Waals surface area contributed by atoms with Crippen LogP contribution in [0.4, 0.5) is 0 Å². The summed E-state index contributed by atoms with van der Waals surface area (Å²) in [6.45, 7) is -0.0778. The Morgan fingerprint density at radius 1 is 0.545 bits per heavy atom. The van der Waals surface area contributed by atoms with E-state index in [2.05, 4.69) is 0 Å². The Hall–Kier alpha value is -0.600. The van der Waals surface area contributed by atoms with Crippen molar-refractivity contribution in [2.75, 3.05) is 13.2 Å². The maximum absolute atomic E-state index is 10.6. The van der Waals surface area contributed by atoms with Gasteiger partial charge in [-0.15, -0.1) is 0 Å². The van der Waals surface area contributed by atoms with E-state index in [-0.39, 0.29) is 0 Å². The van der Waals surface area contributed by atoms with Gasteiger partial charge < -0.3 is 74.7 Å². The molecule has 15 atom stereocenters. The van der Waals surface area contributed by atoms with E-state index in [0.717, 1.165) is 0 Å². The van der Waals surface area contributed by atoms with Crippen molar-refractivity contribution < 1.29 is 74.7 Å². The Labute approximate surface area is 187 Å². The highest BCUT2D eigenvalue weighted by atomic mass is 16.8. The molecule has 3 aliphatic heterocycles. The summed E-state index contributed by atoms with van der Waals surface area (Å²) in [6, 6.07) is 0. The van der Waals surface area contributed by atoms with Crippen LogP contribution >= 0.6 is 0 Å². The van der Waals surface area contributed by atoms with E-state index in [1.807, 2.05) is 0 Å². The summed E-state index contributed by atoms with van der Waals surface area (Å²) in [5, 5.41) is 99.9. The Morgan fingerprint density at radius 2 is 0.970 bits per heavy atom. The lowest BCUT2D eigenvalue weighted by Crippen LogP contribution is -2.66. The van der Waals surface area contributed by atoms with Crippen molar-refractivity contribution in [1.29, 1.82) is 0 Å². The number of hydrogen-bond donors (Lipinski definition) is 10. The first-order chi connectivity index (χ1) is 15.5. The van der Waals surface area contributed by atoms with Crippen molar-refractivity contribution in [2.24, 2.45) is 0 Å². The fourth-order valence-corrected chi connectivity index (χ4v) is 3.97. The first-order valence-corrected chi connectivity index (χ1v) is 10.4.